The number of benzene rings is 2. The van der Waals surface area contributed by atoms with Crippen molar-refractivity contribution in [2.24, 2.45) is 0 Å². The second kappa shape index (κ2) is 10.5. The van der Waals surface area contributed by atoms with Crippen molar-refractivity contribution in [2.45, 2.75) is 27.3 Å². The van der Waals surface area contributed by atoms with Crippen molar-refractivity contribution < 1.29 is 13.6 Å². The van der Waals surface area contributed by atoms with Gasteiger partial charge in [-0.15, -0.1) is 0 Å². The molecule has 0 unspecified atom stereocenters. The first kappa shape index (κ1) is 23.5. The summed E-state index contributed by atoms with van der Waals surface area (Å²) >= 11 is 1.54. The molecule has 168 valence electrons. The zero-order valence-corrected chi connectivity index (χ0v) is 19.3. The third kappa shape index (κ3) is 5.56. The maximum Gasteiger partial charge on any atom is 0.213 e. The highest BCUT2D eigenvalue weighted by Crippen LogP contribution is 2.31. The van der Waals surface area contributed by atoms with Gasteiger partial charge < -0.3 is 14.2 Å². The number of carbonyl (C=O) groups is 1. The third-order valence-electron chi connectivity index (χ3n) is 4.69. The summed E-state index contributed by atoms with van der Waals surface area (Å²) < 4.78 is 32.8. The predicted octanol–water partition coefficient (Wildman–Crippen LogP) is 5.84. The number of anilines is 1. The van der Waals surface area contributed by atoms with E-state index in [9.17, 15) is 13.6 Å². The van der Waals surface area contributed by atoms with Crippen LogP contribution in [0.1, 0.15) is 31.9 Å². The van der Waals surface area contributed by atoms with Crippen LogP contribution in [0.5, 0.6) is 0 Å². The number of hydrogen-bond donors (Lipinski definition) is 1. The molecule has 2 aromatic carbocycles. The number of aromatic nitrogens is 2. The monoisotopic (exact) mass is 456 g/mol. The van der Waals surface area contributed by atoms with E-state index in [2.05, 4.69) is 9.71 Å². The molecule has 0 fully saturated rings. The van der Waals surface area contributed by atoms with Gasteiger partial charge in [0.25, 0.3) is 0 Å². The highest BCUT2D eigenvalue weighted by atomic mass is 32.2. The van der Waals surface area contributed by atoms with Gasteiger partial charge in [-0.1, -0.05) is 36.6 Å². The van der Waals surface area contributed by atoms with Gasteiger partial charge in [0, 0.05) is 30.6 Å². The van der Waals surface area contributed by atoms with Crippen LogP contribution in [0.2, 0.25) is 0 Å². The van der Waals surface area contributed by atoms with Gasteiger partial charge in [0.1, 0.15) is 17.2 Å². The smallest absolute Gasteiger partial charge is 0.213 e. The van der Waals surface area contributed by atoms with Crippen molar-refractivity contribution in [2.75, 3.05) is 17.5 Å². The summed E-state index contributed by atoms with van der Waals surface area (Å²) in [7, 11) is 1.68. The Hall–Kier alpha value is -3.13. The lowest BCUT2D eigenvalue weighted by atomic mass is 10.0. The third-order valence-corrected chi connectivity index (χ3v) is 5.35. The number of allylic oxidation sites excluding steroid dienone is 3. The molecule has 0 spiro atoms. The lowest BCUT2D eigenvalue weighted by molar-refractivity contribution is -0.114. The zero-order valence-electron chi connectivity index (χ0n) is 18.5. The summed E-state index contributed by atoms with van der Waals surface area (Å²) in [4.78, 5) is 17.2. The van der Waals surface area contributed by atoms with Crippen molar-refractivity contribution >= 4 is 40.7 Å². The Balaban J connectivity index is 2.17. The molecule has 0 aliphatic rings. The van der Waals surface area contributed by atoms with E-state index in [1.807, 2.05) is 43.5 Å². The minimum Gasteiger partial charge on any atom is -0.328 e. The number of fused-ring (bicyclic) bond motifs is 1. The first-order valence-corrected chi connectivity index (χ1v) is 11.2. The molecule has 0 atom stereocenters. The Bertz CT molecular complexity index is 1180. The van der Waals surface area contributed by atoms with Gasteiger partial charge in [0.2, 0.25) is 6.41 Å². The highest BCUT2D eigenvalue weighted by molar-refractivity contribution is 8.00. The van der Waals surface area contributed by atoms with Gasteiger partial charge in [-0.05, 0) is 43.2 Å². The average Bonchev–Trinajstić information content (AvgIpc) is 3.15. The van der Waals surface area contributed by atoms with Crippen LogP contribution in [-0.4, -0.2) is 33.7 Å². The van der Waals surface area contributed by atoms with Crippen molar-refractivity contribution in [3.63, 3.8) is 0 Å². The van der Waals surface area contributed by atoms with Crippen LogP contribution in [0, 0.1) is 11.6 Å². The van der Waals surface area contributed by atoms with E-state index in [4.69, 9.17) is 0 Å². The summed E-state index contributed by atoms with van der Waals surface area (Å²) in [6.07, 6.45) is 6.16. The molecule has 1 amide bonds. The fraction of sp³-hybridized carbons (Fsp3) is 0.250. The first-order chi connectivity index (χ1) is 15.3. The molecule has 1 heterocycles. The number of nitrogens with zero attached hydrogens (tertiary/aromatic N) is 3. The minimum atomic E-state index is -0.608. The van der Waals surface area contributed by atoms with Crippen LogP contribution in [0.3, 0.4) is 0 Å². The lowest BCUT2D eigenvalue weighted by Crippen LogP contribution is -2.07. The van der Waals surface area contributed by atoms with E-state index >= 15 is 0 Å². The van der Waals surface area contributed by atoms with Crippen LogP contribution in [0.4, 0.5) is 14.5 Å². The first-order valence-electron chi connectivity index (χ1n) is 10.2. The van der Waals surface area contributed by atoms with Crippen molar-refractivity contribution in [1.29, 1.82) is 0 Å². The van der Waals surface area contributed by atoms with Crippen LogP contribution in [0.15, 0.2) is 54.5 Å². The number of halogens is 2. The van der Waals surface area contributed by atoms with Gasteiger partial charge in [-0.3, -0.25) is 4.79 Å². The summed E-state index contributed by atoms with van der Waals surface area (Å²) in [6.45, 7) is 6.23. The van der Waals surface area contributed by atoms with Gasteiger partial charge in [-0.25, -0.2) is 13.8 Å². The minimum absolute atomic E-state index is 0.211. The molecule has 1 aromatic heterocycles. The van der Waals surface area contributed by atoms with Crippen molar-refractivity contribution in [3.8, 4) is 0 Å². The molecule has 1 N–H and O–H groups in total. The van der Waals surface area contributed by atoms with Gasteiger partial charge in [0.05, 0.1) is 24.1 Å². The molecule has 3 aromatic rings. The van der Waals surface area contributed by atoms with E-state index in [0.717, 1.165) is 51.7 Å². The molecule has 0 saturated heterocycles. The Morgan fingerprint density at radius 1 is 1.25 bits per heavy atom. The molecule has 3 rings (SSSR count). The number of rotatable bonds is 9. The Labute approximate surface area is 191 Å². The fourth-order valence-corrected chi connectivity index (χ4v) is 3.73. The molecule has 5 nitrogen and oxygen atoms in total. The van der Waals surface area contributed by atoms with E-state index in [-0.39, 0.29) is 6.54 Å². The van der Waals surface area contributed by atoms with Crippen molar-refractivity contribution in [3.05, 3.63) is 77.3 Å². The molecular formula is C24H26F2N4OS. The van der Waals surface area contributed by atoms with E-state index in [1.54, 1.807) is 31.5 Å². The van der Waals surface area contributed by atoms with Crippen molar-refractivity contribution in [1.82, 2.24) is 14.5 Å². The molecule has 0 saturated carbocycles. The van der Waals surface area contributed by atoms with E-state index in [1.165, 1.54) is 17.0 Å². The van der Waals surface area contributed by atoms with Crippen LogP contribution in [0.25, 0.3) is 16.6 Å². The summed E-state index contributed by atoms with van der Waals surface area (Å²) in [5.74, 6) is -0.346. The van der Waals surface area contributed by atoms with Gasteiger partial charge >= 0.3 is 0 Å². The largest absolute Gasteiger partial charge is 0.328 e. The molecule has 0 radical (unpaired) electrons. The van der Waals surface area contributed by atoms with Crippen LogP contribution in [-0.2, 0) is 11.3 Å². The Morgan fingerprint density at radius 2 is 2.03 bits per heavy atom. The lowest BCUT2D eigenvalue weighted by Gasteiger charge is -2.13. The summed E-state index contributed by atoms with van der Waals surface area (Å²) in [5, 5.41) is 0. The van der Waals surface area contributed by atoms with Crippen LogP contribution < -0.4 is 4.72 Å². The average molecular weight is 457 g/mol. The number of imidazole rings is 1. The molecule has 32 heavy (non-hydrogen) atoms. The normalized spacial score (nSPS) is 11.5. The zero-order chi connectivity index (χ0) is 23.3. The fourth-order valence-electron chi connectivity index (χ4n) is 3.27. The quantitative estimate of drug-likeness (QED) is 0.250. The topological polar surface area (TPSA) is 50.2 Å². The highest BCUT2D eigenvalue weighted by Gasteiger charge is 2.14. The molecule has 0 bridgehead atoms. The second-order valence-electron chi connectivity index (χ2n) is 7.61. The second-order valence-corrected chi connectivity index (χ2v) is 8.68. The number of hydrogen-bond acceptors (Lipinski definition) is 4. The molecule has 8 heteroatoms. The SMILES string of the molecule is CCSNc1cc(/C(C=C(C)C)=C/N(C)C=O)cc2c1ncn2Cc1ccc(F)cc1F. The van der Waals surface area contributed by atoms with E-state index in [0.29, 0.717) is 5.56 Å². The summed E-state index contributed by atoms with van der Waals surface area (Å²) in [6, 6.07) is 7.54. The standard InChI is InChI=1S/C24H26F2N4OS/c1-5-32-28-22-9-18(19(8-16(2)3)12-29(4)15-31)10-23-24(22)27-14-30(23)13-17-6-7-20(25)11-21(17)26/h6-12,14-15,28H,5,13H2,1-4H3/b19-12+. The Kier molecular flexibility index (Phi) is 7.69. The summed E-state index contributed by atoms with van der Waals surface area (Å²) in [5.41, 5.74) is 5.55. The number of carbonyl (C=O) groups excluding carboxylic acids is 1. The number of nitrogens with one attached hydrogen (secondary N) is 1. The number of amides is 1. The van der Waals surface area contributed by atoms with Gasteiger partial charge in [-0.2, -0.15) is 0 Å². The Morgan fingerprint density at radius 3 is 2.69 bits per heavy atom. The van der Waals surface area contributed by atoms with Gasteiger partial charge in [0.15, 0.2) is 0 Å². The van der Waals surface area contributed by atoms with Crippen LogP contribution >= 0.6 is 11.9 Å². The maximum atomic E-state index is 14.3. The van der Waals surface area contributed by atoms with E-state index < -0.39 is 11.6 Å². The molecule has 0 aliphatic carbocycles. The molecule has 0 aliphatic heterocycles. The predicted molar refractivity (Wildman–Crippen MR) is 128 cm³/mol. The maximum absolute atomic E-state index is 14.3. The molecular weight excluding hydrogens is 430 g/mol.